The Kier molecular flexibility index (Phi) is 6.76. The normalized spacial score (nSPS) is 21.1. The number of pyridine rings is 1. The standard InChI is InChI=1S/C23H25F3N2O4/c1-3-14-7-9-22(10-8-14,21(31)32-2)28-19(29)16-12-18(20(30)27-13-16)15-5-4-6-17(11-15)23(24,25)26/h4-6,11-14H,3,7-10H2,1-2H3,(H,27,30)(H,28,29)/t14-,22+. The van der Waals surface area contributed by atoms with E-state index < -0.39 is 35.0 Å². The summed E-state index contributed by atoms with van der Waals surface area (Å²) in [7, 11) is 1.26. The van der Waals surface area contributed by atoms with E-state index in [0.29, 0.717) is 18.8 Å². The van der Waals surface area contributed by atoms with Gasteiger partial charge < -0.3 is 15.2 Å². The van der Waals surface area contributed by atoms with Crippen LogP contribution in [0, 0.1) is 5.92 Å². The van der Waals surface area contributed by atoms with Gasteiger partial charge in [-0.05, 0) is 55.4 Å². The molecule has 0 atom stereocenters. The van der Waals surface area contributed by atoms with Crippen LogP contribution in [0.2, 0.25) is 0 Å². The molecule has 0 spiro atoms. The summed E-state index contributed by atoms with van der Waals surface area (Å²) in [6.07, 6.45) is -0.0909. The van der Waals surface area contributed by atoms with Crippen LogP contribution >= 0.6 is 0 Å². The molecular weight excluding hydrogens is 425 g/mol. The zero-order chi connectivity index (χ0) is 23.5. The Morgan fingerprint density at radius 3 is 2.53 bits per heavy atom. The van der Waals surface area contributed by atoms with E-state index in [4.69, 9.17) is 4.74 Å². The molecule has 1 amide bonds. The van der Waals surface area contributed by atoms with Crippen LogP contribution in [0.1, 0.15) is 54.9 Å². The number of methoxy groups -OCH3 is 1. The lowest BCUT2D eigenvalue weighted by molar-refractivity contribution is -0.150. The number of aromatic nitrogens is 1. The maximum atomic E-state index is 13.1. The number of carbonyl (C=O) groups is 2. The summed E-state index contributed by atoms with van der Waals surface area (Å²) in [5, 5.41) is 12.9. The average Bonchev–Trinajstić information content (AvgIpc) is 2.78. The summed E-state index contributed by atoms with van der Waals surface area (Å²) in [6, 6.07) is 5.64. The fourth-order valence-electron chi connectivity index (χ4n) is 4.10. The van der Waals surface area contributed by atoms with Gasteiger partial charge in [0.1, 0.15) is 5.54 Å². The first-order valence-electron chi connectivity index (χ1n) is 10.4. The highest BCUT2D eigenvalue weighted by atomic mass is 19.4. The highest BCUT2D eigenvalue weighted by Crippen LogP contribution is 2.36. The number of amides is 1. The number of rotatable bonds is 5. The maximum absolute atomic E-state index is 13.1. The predicted octanol–water partition coefficient (Wildman–Crippen LogP) is 4.71. The summed E-state index contributed by atoms with van der Waals surface area (Å²) in [5.74, 6) is -1.20. The monoisotopic (exact) mass is 450 g/mol. The largest absolute Gasteiger partial charge is 0.493 e. The van der Waals surface area contributed by atoms with Crippen molar-refractivity contribution in [1.82, 2.24) is 10.3 Å². The zero-order valence-electron chi connectivity index (χ0n) is 17.8. The third-order valence-corrected chi connectivity index (χ3v) is 6.09. The van der Waals surface area contributed by atoms with E-state index >= 15 is 0 Å². The van der Waals surface area contributed by atoms with Gasteiger partial charge in [-0.3, -0.25) is 4.79 Å². The van der Waals surface area contributed by atoms with Gasteiger partial charge in [0, 0.05) is 11.8 Å². The lowest BCUT2D eigenvalue weighted by atomic mass is 9.75. The smallest absolute Gasteiger partial charge is 0.416 e. The van der Waals surface area contributed by atoms with Crippen molar-refractivity contribution in [3.8, 4) is 17.0 Å². The third kappa shape index (κ3) is 4.87. The fourth-order valence-corrected chi connectivity index (χ4v) is 4.10. The van der Waals surface area contributed by atoms with Crippen molar-refractivity contribution in [1.29, 1.82) is 0 Å². The minimum atomic E-state index is -4.56. The first-order valence-corrected chi connectivity index (χ1v) is 10.4. The molecule has 0 saturated heterocycles. The van der Waals surface area contributed by atoms with Crippen LogP contribution in [0.25, 0.3) is 11.1 Å². The molecule has 0 unspecified atom stereocenters. The minimum Gasteiger partial charge on any atom is -0.493 e. The first-order chi connectivity index (χ1) is 15.1. The van der Waals surface area contributed by atoms with Crippen LogP contribution < -0.4 is 5.32 Å². The quantitative estimate of drug-likeness (QED) is 0.644. The summed E-state index contributed by atoms with van der Waals surface area (Å²) >= 11 is 0. The number of nitrogens with zero attached hydrogens (tertiary/aromatic N) is 1. The van der Waals surface area contributed by atoms with E-state index in [1.807, 2.05) is 0 Å². The van der Waals surface area contributed by atoms with Crippen molar-refractivity contribution in [3.63, 3.8) is 0 Å². The molecule has 0 aliphatic heterocycles. The number of aromatic hydroxyl groups is 1. The van der Waals surface area contributed by atoms with Gasteiger partial charge >= 0.3 is 12.1 Å². The topological polar surface area (TPSA) is 88.5 Å². The van der Waals surface area contributed by atoms with Gasteiger partial charge in [0.25, 0.3) is 5.91 Å². The molecule has 1 saturated carbocycles. The molecule has 0 bridgehead atoms. The fraction of sp³-hybridized carbons (Fsp3) is 0.435. The summed E-state index contributed by atoms with van der Waals surface area (Å²) in [4.78, 5) is 29.3. The molecule has 1 aromatic heterocycles. The van der Waals surface area contributed by atoms with Crippen molar-refractivity contribution in [3.05, 3.63) is 47.7 Å². The summed E-state index contributed by atoms with van der Waals surface area (Å²) in [5.41, 5.74) is -2.01. The second-order valence-corrected chi connectivity index (χ2v) is 8.05. The van der Waals surface area contributed by atoms with Crippen molar-refractivity contribution in [2.45, 2.75) is 50.7 Å². The van der Waals surface area contributed by atoms with Gasteiger partial charge in [-0.15, -0.1) is 0 Å². The van der Waals surface area contributed by atoms with Crippen LogP contribution in [0.4, 0.5) is 13.2 Å². The van der Waals surface area contributed by atoms with Crippen LogP contribution in [0.5, 0.6) is 5.88 Å². The van der Waals surface area contributed by atoms with Gasteiger partial charge in [0.2, 0.25) is 5.88 Å². The van der Waals surface area contributed by atoms with E-state index in [2.05, 4.69) is 17.2 Å². The molecule has 9 heteroatoms. The molecule has 0 radical (unpaired) electrons. The number of alkyl halides is 3. The van der Waals surface area contributed by atoms with Gasteiger partial charge in [0.15, 0.2) is 0 Å². The number of esters is 1. The molecule has 1 fully saturated rings. The lowest BCUT2D eigenvalue weighted by Crippen LogP contribution is -2.56. The molecule has 1 aromatic carbocycles. The SMILES string of the molecule is CC[C@H]1CC[C@](NC(=O)c2cnc(O)c(-c3cccc(C(F)(F)F)c3)c2)(C(=O)OC)CC1. The van der Waals surface area contributed by atoms with E-state index in [-0.39, 0.29) is 16.7 Å². The minimum absolute atomic E-state index is 0.0103. The summed E-state index contributed by atoms with van der Waals surface area (Å²) in [6.45, 7) is 2.08. The number of carbonyl (C=O) groups excluding carboxylic acids is 2. The van der Waals surface area contributed by atoms with Crippen molar-refractivity contribution in [2.24, 2.45) is 5.92 Å². The van der Waals surface area contributed by atoms with Gasteiger partial charge in [0.05, 0.1) is 18.2 Å². The van der Waals surface area contributed by atoms with E-state index in [9.17, 15) is 27.9 Å². The molecule has 2 aromatic rings. The second kappa shape index (κ2) is 9.18. The number of ether oxygens (including phenoxy) is 1. The highest BCUT2D eigenvalue weighted by molar-refractivity contribution is 5.99. The zero-order valence-corrected chi connectivity index (χ0v) is 17.8. The Bertz CT molecular complexity index is 999. The number of hydrogen-bond acceptors (Lipinski definition) is 5. The Morgan fingerprint density at radius 1 is 1.25 bits per heavy atom. The van der Waals surface area contributed by atoms with Crippen molar-refractivity contribution < 1.29 is 32.6 Å². The molecule has 6 nitrogen and oxygen atoms in total. The molecule has 1 aliphatic carbocycles. The molecule has 3 rings (SSSR count). The number of nitrogens with one attached hydrogen (secondary N) is 1. The Morgan fingerprint density at radius 2 is 1.94 bits per heavy atom. The summed E-state index contributed by atoms with van der Waals surface area (Å²) < 4.78 is 44.2. The first kappa shape index (κ1) is 23.6. The Labute approximate surface area is 183 Å². The van der Waals surface area contributed by atoms with Gasteiger partial charge in [-0.2, -0.15) is 13.2 Å². The Hall–Kier alpha value is -3.10. The van der Waals surface area contributed by atoms with Crippen LogP contribution in [-0.2, 0) is 15.7 Å². The molecule has 1 heterocycles. The third-order valence-electron chi connectivity index (χ3n) is 6.09. The number of hydrogen-bond donors (Lipinski definition) is 2. The number of benzene rings is 1. The molecule has 1 aliphatic rings. The maximum Gasteiger partial charge on any atom is 0.416 e. The lowest BCUT2D eigenvalue weighted by Gasteiger charge is -2.38. The molecule has 32 heavy (non-hydrogen) atoms. The van der Waals surface area contributed by atoms with Crippen molar-refractivity contribution >= 4 is 11.9 Å². The highest BCUT2D eigenvalue weighted by Gasteiger charge is 2.44. The van der Waals surface area contributed by atoms with Gasteiger partial charge in [-0.1, -0.05) is 25.5 Å². The number of halogens is 3. The molecular formula is C23H25F3N2O4. The van der Waals surface area contributed by atoms with E-state index in [1.54, 1.807) is 0 Å². The van der Waals surface area contributed by atoms with E-state index in [1.165, 1.54) is 25.3 Å². The van der Waals surface area contributed by atoms with Crippen LogP contribution in [-0.4, -0.2) is 34.6 Å². The van der Waals surface area contributed by atoms with E-state index in [0.717, 1.165) is 37.6 Å². The predicted molar refractivity (Wildman–Crippen MR) is 111 cm³/mol. The van der Waals surface area contributed by atoms with Crippen molar-refractivity contribution in [2.75, 3.05) is 7.11 Å². The van der Waals surface area contributed by atoms with Gasteiger partial charge in [-0.25, -0.2) is 9.78 Å². The average molecular weight is 450 g/mol. The second-order valence-electron chi connectivity index (χ2n) is 8.05. The van der Waals surface area contributed by atoms with Crippen LogP contribution in [0.3, 0.4) is 0 Å². The Balaban J connectivity index is 1.90. The molecule has 2 N–H and O–H groups in total. The van der Waals surface area contributed by atoms with Crippen LogP contribution in [0.15, 0.2) is 36.5 Å². The molecule has 172 valence electrons.